The molecule has 1 saturated heterocycles. The Balaban J connectivity index is 1.31. The maximum absolute atomic E-state index is 13.9. The molecule has 36 heavy (non-hydrogen) atoms. The van der Waals surface area contributed by atoms with Gasteiger partial charge in [0.1, 0.15) is 5.54 Å². The van der Waals surface area contributed by atoms with Gasteiger partial charge in [-0.15, -0.1) is 0 Å². The highest BCUT2D eigenvalue weighted by Crippen LogP contribution is 2.36. The van der Waals surface area contributed by atoms with Crippen LogP contribution in [0.3, 0.4) is 0 Å². The molecule has 4 nitrogen and oxygen atoms in total. The zero-order chi connectivity index (χ0) is 25.3. The van der Waals surface area contributed by atoms with Gasteiger partial charge >= 0.3 is 0 Å². The number of hydrogen-bond acceptors (Lipinski definition) is 3. The molecule has 1 heterocycles. The Bertz CT molecular complexity index is 1210. The van der Waals surface area contributed by atoms with Crippen LogP contribution in [0.4, 0.5) is 0 Å². The first-order valence-corrected chi connectivity index (χ1v) is 13.5. The van der Waals surface area contributed by atoms with E-state index in [1.54, 1.807) is 12.1 Å². The Morgan fingerprint density at radius 1 is 0.750 bits per heavy atom. The molecule has 3 aromatic carbocycles. The predicted molar refractivity (Wildman–Crippen MR) is 148 cm³/mol. The summed E-state index contributed by atoms with van der Waals surface area (Å²) < 4.78 is 0. The number of fused-ring (bicyclic) bond motifs is 1. The second-order valence-electron chi connectivity index (χ2n) is 9.66. The Morgan fingerprint density at radius 3 is 1.78 bits per heavy atom. The number of carbonyl (C=O) groups is 1. The summed E-state index contributed by atoms with van der Waals surface area (Å²) in [6.07, 6.45) is 1.41. The van der Waals surface area contributed by atoms with Gasteiger partial charge in [0.2, 0.25) is 5.91 Å². The number of piperazine rings is 1. The van der Waals surface area contributed by atoms with Crippen LogP contribution in [0.15, 0.2) is 60.7 Å². The van der Waals surface area contributed by atoms with Gasteiger partial charge in [-0.05, 0) is 58.7 Å². The van der Waals surface area contributed by atoms with E-state index in [1.165, 1.54) is 11.1 Å². The molecule has 2 aliphatic rings. The molecule has 1 N–H and O–H groups in total. The van der Waals surface area contributed by atoms with Gasteiger partial charge in [0.15, 0.2) is 0 Å². The molecule has 5 rings (SSSR count). The second-order valence-corrected chi connectivity index (χ2v) is 11.4. The summed E-state index contributed by atoms with van der Waals surface area (Å²) in [6.45, 7) is 4.49. The Morgan fingerprint density at radius 2 is 1.25 bits per heavy atom. The van der Waals surface area contributed by atoms with E-state index in [1.807, 2.05) is 24.3 Å². The Labute approximate surface area is 232 Å². The summed E-state index contributed by atoms with van der Waals surface area (Å²) >= 11 is 24.7. The average Bonchev–Trinajstić information content (AvgIpc) is 3.23. The first-order valence-electron chi connectivity index (χ1n) is 12.0. The first-order chi connectivity index (χ1) is 17.3. The minimum absolute atomic E-state index is 0.0462. The van der Waals surface area contributed by atoms with Crippen molar-refractivity contribution < 1.29 is 4.79 Å². The lowest BCUT2D eigenvalue weighted by molar-refractivity contribution is -0.135. The van der Waals surface area contributed by atoms with Crippen LogP contribution in [0, 0.1) is 0 Å². The van der Waals surface area contributed by atoms with Gasteiger partial charge < -0.3 is 5.32 Å². The van der Waals surface area contributed by atoms with Crippen LogP contribution in [-0.4, -0.2) is 47.4 Å². The molecule has 188 valence electrons. The summed E-state index contributed by atoms with van der Waals surface area (Å²) in [5, 5.41) is 5.61. The highest BCUT2D eigenvalue weighted by Gasteiger charge is 2.48. The molecule has 0 unspecified atom stereocenters. The van der Waals surface area contributed by atoms with Gasteiger partial charge in [0, 0.05) is 72.2 Å². The molecular weight excluding hydrogens is 536 g/mol. The minimum atomic E-state index is -0.614. The maximum Gasteiger partial charge on any atom is 0.241 e. The molecule has 0 spiro atoms. The van der Waals surface area contributed by atoms with E-state index in [0.717, 1.165) is 43.9 Å². The number of halogens is 4. The maximum atomic E-state index is 13.9. The molecule has 0 aromatic heterocycles. The smallest absolute Gasteiger partial charge is 0.241 e. The van der Waals surface area contributed by atoms with E-state index < -0.39 is 5.54 Å². The van der Waals surface area contributed by atoms with Crippen molar-refractivity contribution >= 4 is 52.3 Å². The third-order valence-electron chi connectivity index (χ3n) is 7.19. The summed E-state index contributed by atoms with van der Waals surface area (Å²) in [7, 11) is 0. The zero-order valence-corrected chi connectivity index (χ0v) is 22.8. The lowest BCUT2D eigenvalue weighted by Gasteiger charge is -2.45. The summed E-state index contributed by atoms with van der Waals surface area (Å²) in [5.74, 6) is 0.0462. The van der Waals surface area contributed by atoms with Crippen molar-refractivity contribution in [2.75, 3.05) is 26.2 Å². The SMILES string of the molecule is O=C(NCc1cc(Cl)cc(Cl)c1)C1(N2CCN(Cc3cc(Cl)cc(Cl)c3)CC2)Cc2ccccc2C1. The molecule has 1 aliphatic carbocycles. The minimum Gasteiger partial charge on any atom is -0.350 e. The highest BCUT2D eigenvalue weighted by molar-refractivity contribution is 6.35. The Kier molecular flexibility index (Phi) is 7.83. The third kappa shape index (κ3) is 5.70. The van der Waals surface area contributed by atoms with Gasteiger partial charge in [0.25, 0.3) is 0 Å². The summed E-state index contributed by atoms with van der Waals surface area (Å²) in [5.41, 5.74) is 3.86. The van der Waals surface area contributed by atoms with Crippen LogP contribution in [-0.2, 0) is 30.7 Å². The van der Waals surface area contributed by atoms with Crippen molar-refractivity contribution in [3.8, 4) is 0 Å². The van der Waals surface area contributed by atoms with Crippen molar-refractivity contribution in [3.05, 3.63) is 103 Å². The number of carbonyl (C=O) groups excluding carboxylic acids is 1. The van der Waals surface area contributed by atoms with Gasteiger partial charge in [-0.2, -0.15) is 0 Å². The van der Waals surface area contributed by atoms with E-state index in [4.69, 9.17) is 46.4 Å². The van der Waals surface area contributed by atoms with Crippen molar-refractivity contribution in [1.29, 1.82) is 0 Å². The van der Waals surface area contributed by atoms with Crippen LogP contribution < -0.4 is 5.32 Å². The number of amides is 1. The quantitative estimate of drug-likeness (QED) is 0.384. The number of hydrogen-bond donors (Lipinski definition) is 1. The van der Waals surface area contributed by atoms with E-state index in [-0.39, 0.29) is 5.91 Å². The number of nitrogens with one attached hydrogen (secondary N) is 1. The lowest BCUT2D eigenvalue weighted by Crippen LogP contribution is -2.64. The van der Waals surface area contributed by atoms with E-state index in [0.29, 0.717) is 39.5 Å². The first kappa shape index (κ1) is 25.8. The van der Waals surface area contributed by atoms with Crippen molar-refractivity contribution in [1.82, 2.24) is 15.1 Å². The zero-order valence-electron chi connectivity index (χ0n) is 19.7. The fraction of sp³-hybridized carbons (Fsp3) is 0.321. The number of nitrogens with zero attached hydrogens (tertiary/aromatic N) is 2. The van der Waals surface area contributed by atoms with Crippen LogP contribution >= 0.6 is 46.4 Å². The van der Waals surface area contributed by atoms with Crippen LogP contribution in [0.25, 0.3) is 0 Å². The molecule has 0 atom stereocenters. The second kappa shape index (κ2) is 10.9. The monoisotopic (exact) mass is 561 g/mol. The molecule has 0 saturated carbocycles. The van der Waals surface area contributed by atoms with Gasteiger partial charge in [-0.1, -0.05) is 70.7 Å². The summed E-state index contributed by atoms with van der Waals surface area (Å²) in [4.78, 5) is 18.6. The fourth-order valence-corrected chi connectivity index (χ4v) is 6.62. The topological polar surface area (TPSA) is 35.6 Å². The fourth-order valence-electron chi connectivity index (χ4n) is 5.48. The van der Waals surface area contributed by atoms with E-state index in [9.17, 15) is 4.79 Å². The lowest BCUT2D eigenvalue weighted by atomic mass is 9.90. The van der Waals surface area contributed by atoms with Gasteiger partial charge in [-0.25, -0.2) is 0 Å². The Hall–Kier alpha value is -1.79. The normalized spacial score (nSPS) is 17.7. The molecular formula is C28H27Cl4N3O. The highest BCUT2D eigenvalue weighted by atomic mass is 35.5. The number of benzene rings is 3. The van der Waals surface area contributed by atoms with Crippen LogP contribution in [0.1, 0.15) is 22.3 Å². The van der Waals surface area contributed by atoms with Gasteiger partial charge in [-0.3, -0.25) is 14.6 Å². The van der Waals surface area contributed by atoms with Crippen LogP contribution in [0.2, 0.25) is 20.1 Å². The molecule has 1 aliphatic heterocycles. The molecule has 3 aromatic rings. The van der Waals surface area contributed by atoms with Crippen molar-refractivity contribution in [2.24, 2.45) is 0 Å². The predicted octanol–water partition coefficient (Wildman–Crippen LogP) is 6.27. The molecule has 0 radical (unpaired) electrons. The standard InChI is InChI=1S/C28H27Cl4N3O/c29-23-9-19(10-24(30)13-23)17-33-27(36)28(15-21-3-1-2-4-22(21)16-28)35-7-5-34(6-8-35)18-20-11-25(31)14-26(32)12-20/h1-4,9-14H,5-8,15-18H2,(H,33,36). The molecule has 0 bridgehead atoms. The van der Waals surface area contributed by atoms with Gasteiger partial charge in [0.05, 0.1) is 0 Å². The third-order valence-corrected chi connectivity index (χ3v) is 8.06. The molecule has 1 amide bonds. The van der Waals surface area contributed by atoms with E-state index >= 15 is 0 Å². The van der Waals surface area contributed by atoms with E-state index in [2.05, 4.69) is 39.4 Å². The average molecular weight is 563 g/mol. The molecule has 1 fully saturated rings. The largest absolute Gasteiger partial charge is 0.350 e. The molecule has 8 heteroatoms. The van der Waals surface area contributed by atoms with Crippen molar-refractivity contribution in [3.63, 3.8) is 0 Å². The number of rotatable bonds is 6. The van der Waals surface area contributed by atoms with Crippen molar-refractivity contribution in [2.45, 2.75) is 31.5 Å². The van der Waals surface area contributed by atoms with Crippen LogP contribution in [0.5, 0.6) is 0 Å². The summed E-state index contributed by atoms with van der Waals surface area (Å²) in [6, 6.07) is 19.4.